The molecule has 4 rings (SSSR count). The van der Waals surface area contributed by atoms with Crippen molar-refractivity contribution in [2.45, 2.75) is 26.9 Å². The molecule has 3 aromatic heterocycles. The molecule has 142 valence electrons. The van der Waals surface area contributed by atoms with E-state index in [1.54, 1.807) is 24.7 Å². The summed E-state index contributed by atoms with van der Waals surface area (Å²) in [5.74, 6) is -0.203. The lowest BCUT2D eigenvalue weighted by atomic mass is 10.1. The van der Waals surface area contributed by atoms with Crippen molar-refractivity contribution in [3.8, 4) is 11.3 Å². The summed E-state index contributed by atoms with van der Waals surface area (Å²) in [6.07, 6.45) is 3.16. The van der Waals surface area contributed by atoms with Crippen LogP contribution in [0.3, 0.4) is 0 Å². The number of furan rings is 1. The molecular formula is C21H21N5O2. The van der Waals surface area contributed by atoms with Gasteiger partial charge < -0.3 is 9.73 Å². The van der Waals surface area contributed by atoms with E-state index in [4.69, 9.17) is 4.42 Å². The fourth-order valence-electron chi connectivity index (χ4n) is 3.12. The largest absolute Gasteiger partial charge is 0.472 e. The third-order valence-corrected chi connectivity index (χ3v) is 4.52. The van der Waals surface area contributed by atoms with E-state index in [1.165, 1.54) is 0 Å². The molecule has 0 unspecified atom stereocenters. The molecule has 0 saturated heterocycles. The number of aromatic amines is 1. The molecule has 1 aromatic carbocycles. The van der Waals surface area contributed by atoms with Crippen molar-refractivity contribution in [2.75, 3.05) is 0 Å². The van der Waals surface area contributed by atoms with Crippen LogP contribution in [0.25, 0.3) is 11.3 Å². The number of aryl methyl sites for hydroxylation is 2. The highest BCUT2D eigenvalue weighted by Crippen LogP contribution is 2.17. The average molecular weight is 375 g/mol. The van der Waals surface area contributed by atoms with Crippen molar-refractivity contribution in [3.05, 3.63) is 83.2 Å². The summed E-state index contributed by atoms with van der Waals surface area (Å²) >= 11 is 0. The quantitative estimate of drug-likeness (QED) is 0.540. The van der Waals surface area contributed by atoms with E-state index in [0.29, 0.717) is 24.5 Å². The van der Waals surface area contributed by atoms with E-state index in [0.717, 1.165) is 28.1 Å². The molecule has 0 fully saturated rings. The van der Waals surface area contributed by atoms with E-state index in [-0.39, 0.29) is 5.91 Å². The number of benzene rings is 1. The summed E-state index contributed by atoms with van der Waals surface area (Å²) in [7, 11) is 0. The molecule has 0 atom stereocenters. The molecule has 28 heavy (non-hydrogen) atoms. The fraction of sp³-hybridized carbons (Fsp3) is 0.190. The van der Waals surface area contributed by atoms with Crippen molar-refractivity contribution >= 4 is 5.91 Å². The number of nitrogens with zero attached hydrogens (tertiary/aromatic N) is 3. The zero-order valence-corrected chi connectivity index (χ0v) is 15.8. The number of amides is 1. The Kier molecular flexibility index (Phi) is 4.80. The Labute approximate surface area is 162 Å². The Morgan fingerprint density at radius 1 is 1.18 bits per heavy atom. The van der Waals surface area contributed by atoms with Gasteiger partial charge in [-0.3, -0.25) is 14.6 Å². The number of hydrogen-bond donors (Lipinski definition) is 2. The second-order valence-corrected chi connectivity index (χ2v) is 6.77. The van der Waals surface area contributed by atoms with Gasteiger partial charge in [0.05, 0.1) is 30.5 Å². The Hall–Kier alpha value is -3.61. The molecule has 0 spiro atoms. The molecular weight excluding hydrogens is 354 g/mol. The second kappa shape index (κ2) is 7.56. The molecule has 7 heteroatoms. The first-order valence-corrected chi connectivity index (χ1v) is 9.03. The first kappa shape index (κ1) is 17.8. The van der Waals surface area contributed by atoms with Crippen LogP contribution in [0, 0.1) is 13.8 Å². The van der Waals surface area contributed by atoms with Crippen LogP contribution in [0.2, 0.25) is 0 Å². The van der Waals surface area contributed by atoms with Crippen LogP contribution < -0.4 is 5.32 Å². The van der Waals surface area contributed by atoms with Gasteiger partial charge in [-0.25, -0.2) is 0 Å². The van der Waals surface area contributed by atoms with E-state index in [9.17, 15) is 4.79 Å². The van der Waals surface area contributed by atoms with Gasteiger partial charge in [0, 0.05) is 17.8 Å². The van der Waals surface area contributed by atoms with E-state index in [2.05, 4.69) is 38.8 Å². The first-order valence-electron chi connectivity index (χ1n) is 9.03. The molecule has 4 aromatic rings. The van der Waals surface area contributed by atoms with E-state index < -0.39 is 0 Å². The van der Waals surface area contributed by atoms with Gasteiger partial charge in [0.15, 0.2) is 0 Å². The Morgan fingerprint density at radius 3 is 2.79 bits per heavy atom. The molecule has 0 aliphatic heterocycles. The van der Waals surface area contributed by atoms with Gasteiger partial charge in [0.2, 0.25) is 0 Å². The molecule has 0 bridgehead atoms. The Balaban J connectivity index is 1.39. The van der Waals surface area contributed by atoms with Crippen LogP contribution in [-0.2, 0) is 13.1 Å². The van der Waals surface area contributed by atoms with Gasteiger partial charge >= 0.3 is 0 Å². The maximum atomic E-state index is 12.4. The van der Waals surface area contributed by atoms with Crippen molar-refractivity contribution in [3.63, 3.8) is 0 Å². The van der Waals surface area contributed by atoms with E-state index >= 15 is 0 Å². The first-order chi connectivity index (χ1) is 13.6. The second-order valence-electron chi connectivity index (χ2n) is 6.77. The summed E-state index contributed by atoms with van der Waals surface area (Å²) in [5, 5.41) is 14.3. The lowest BCUT2D eigenvalue weighted by Crippen LogP contribution is -2.23. The van der Waals surface area contributed by atoms with Crippen molar-refractivity contribution in [1.29, 1.82) is 0 Å². The van der Waals surface area contributed by atoms with Gasteiger partial charge in [0.25, 0.3) is 5.91 Å². The number of H-pyrrole nitrogens is 1. The highest BCUT2D eigenvalue weighted by Gasteiger charge is 2.11. The normalized spacial score (nSPS) is 10.9. The number of carbonyl (C=O) groups is 1. The minimum absolute atomic E-state index is 0.203. The summed E-state index contributed by atoms with van der Waals surface area (Å²) in [6.45, 7) is 5.18. The van der Waals surface area contributed by atoms with Gasteiger partial charge in [-0.1, -0.05) is 24.3 Å². The van der Waals surface area contributed by atoms with Gasteiger partial charge in [-0.15, -0.1) is 0 Å². The zero-order valence-electron chi connectivity index (χ0n) is 15.8. The maximum Gasteiger partial charge on any atom is 0.269 e. The predicted molar refractivity (Wildman–Crippen MR) is 105 cm³/mol. The Bertz CT molecular complexity index is 1090. The number of carbonyl (C=O) groups excluding carboxylic acids is 1. The summed E-state index contributed by atoms with van der Waals surface area (Å²) in [5.41, 5.74) is 6.22. The molecule has 0 aliphatic carbocycles. The standard InChI is InChI=1S/C21H21N5O2/c1-14-8-15(2)26(25-14)12-17-5-3-4-16(9-17)11-22-21(27)20-10-19(23-24-20)18-6-7-28-13-18/h3-10,13H,11-12H2,1-2H3,(H,22,27)(H,23,24). The molecule has 2 N–H and O–H groups in total. The van der Waals surface area contributed by atoms with Crippen molar-refractivity contribution < 1.29 is 9.21 Å². The smallest absolute Gasteiger partial charge is 0.269 e. The van der Waals surface area contributed by atoms with Crippen LogP contribution in [0.15, 0.2) is 59.4 Å². The number of rotatable bonds is 6. The Morgan fingerprint density at radius 2 is 2.04 bits per heavy atom. The van der Waals surface area contributed by atoms with Gasteiger partial charge in [0.1, 0.15) is 5.69 Å². The monoisotopic (exact) mass is 375 g/mol. The number of aromatic nitrogens is 4. The summed E-state index contributed by atoms with van der Waals surface area (Å²) in [6, 6.07) is 13.7. The molecule has 1 amide bonds. The van der Waals surface area contributed by atoms with Crippen LogP contribution in [0.5, 0.6) is 0 Å². The number of hydrogen-bond acceptors (Lipinski definition) is 4. The van der Waals surface area contributed by atoms with Gasteiger partial charge in [-0.2, -0.15) is 10.2 Å². The molecule has 0 saturated carbocycles. The SMILES string of the molecule is Cc1cc(C)n(Cc2cccc(CNC(=O)c3cc(-c4ccoc4)n[nH]3)c2)n1. The number of nitrogens with one attached hydrogen (secondary N) is 2. The topological polar surface area (TPSA) is 88.7 Å². The third-order valence-electron chi connectivity index (χ3n) is 4.52. The highest BCUT2D eigenvalue weighted by molar-refractivity contribution is 5.93. The highest BCUT2D eigenvalue weighted by atomic mass is 16.3. The lowest BCUT2D eigenvalue weighted by Gasteiger charge is -2.08. The van der Waals surface area contributed by atoms with E-state index in [1.807, 2.05) is 30.7 Å². The predicted octanol–water partition coefficient (Wildman–Crippen LogP) is 3.46. The molecule has 3 heterocycles. The van der Waals surface area contributed by atoms with Crippen molar-refractivity contribution in [2.24, 2.45) is 0 Å². The maximum absolute atomic E-state index is 12.4. The molecule has 7 nitrogen and oxygen atoms in total. The van der Waals surface area contributed by atoms with Crippen LogP contribution in [0.4, 0.5) is 0 Å². The van der Waals surface area contributed by atoms with Gasteiger partial charge in [-0.05, 0) is 43.2 Å². The zero-order chi connectivity index (χ0) is 19.5. The van der Waals surface area contributed by atoms with Crippen LogP contribution in [0.1, 0.15) is 33.0 Å². The van der Waals surface area contributed by atoms with Crippen molar-refractivity contribution in [1.82, 2.24) is 25.3 Å². The minimum Gasteiger partial charge on any atom is -0.472 e. The third kappa shape index (κ3) is 3.88. The molecule has 0 aliphatic rings. The lowest BCUT2D eigenvalue weighted by molar-refractivity contribution is 0.0946. The van der Waals surface area contributed by atoms with Crippen LogP contribution >= 0.6 is 0 Å². The molecule has 0 radical (unpaired) electrons. The summed E-state index contributed by atoms with van der Waals surface area (Å²) < 4.78 is 7.03. The van der Waals surface area contributed by atoms with Crippen LogP contribution in [-0.4, -0.2) is 25.9 Å². The summed E-state index contributed by atoms with van der Waals surface area (Å²) in [4.78, 5) is 12.4. The average Bonchev–Trinajstić information content (AvgIpc) is 3.41. The fourth-order valence-corrected chi connectivity index (χ4v) is 3.12. The minimum atomic E-state index is -0.203.